The molecule has 0 saturated heterocycles. The summed E-state index contributed by atoms with van der Waals surface area (Å²) >= 11 is 0. The summed E-state index contributed by atoms with van der Waals surface area (Å²) in [4.78, 5) is 0. The number of rotatable bonds is 4. The van der Waals surface area contributed by atoms with Crippen molar-refractivity contribution in [2.75, 3.05) is 0 Å². The molecule has 0 aliphatic carbocycles. The van der Waals surface area contributed by atoms with Crippen LogP contribution < -0.4 is 0 Å². The number of benzene rings is 1. The molecule has 1 atom stereocenters. The first-order valence-corrected chi connectivity index (χ1v) is 7.17. The van der Waals surface area contributed by atoms with Crippen LogP contribution in [-0.2, 0) is 19.3 Å². The molecule has 0 radical (unpaired) electrons. The second-order valence-electron chi connectivity index (χ2n) is 6.16. The Morgan fingerprint density at radius 3 is 1.67 bits per heavy atom. The van der Waals surface area contributed by atoms with Crippen LogP contribution in [0.2, 0.25) is 0 Å². The van der Waals surface area contributed by atoms with E-state index in [4.69, 9.17) is 0 Å². The van der Waals surface area contributed by atoms with Gasteiger partial charge >= 0.3 is 0 Å². The summed E-state index contributed by atoms with van der Waals surface area (Å²) in [6.45, 7) is 12.8. The minimum atomic E-state index is -0.381. The zero-order valence-corrected chi connectivity index (χ0v) is 12.8. The van der Waals surface area contributed by atoms with Gasteiger partial charge in [-0.15, -0.1) is 0 Å². The lowest BCUT2D eigenvalue weighted by atomic mass is 9.79. The van der Waals surface area contributed by atoms with Gasteiger partial charge in [0.15, 0.2) is 0 Å². The summed E-state index contributed by atoms with van der Waals surface area (Å²) in [5, 5.41) is 10.6. The van der Waals surface area contributed by atoms with E-state index >= 15 is 0 Å². The van der Waals surface area contributed by atoms with Crippen molar-refractivity contribution in [1.29, 1.82) is 0 Å². The van der Waals surface area contributed by atoms with E-state index in [1.165, 1.54) is 22.3 Å². The molecule has 0 fully saturated rings. The predicted octanol–water partition coefficient (Wildman–Crippen LogP) is 4.45. The molecule has 0 bridgehead atoms. The van der Waals surface area contributed by atoms with E-state index in [1.807, 2.05) is 0 Å². The van der Waals surface area contributed by atoms with Crippen LogP contribution in [0, 0.1) is 5.41 Å². The molecule has 0 aliphatic heterocycles. The van der Waals surface area contributed by atoms with Gasteiger partial charge in [0.25, 0.3) is 0 Å². The van der Waals surface area contributed by atoms with Gasteiger partial charge < -0.3 is 5.11 Å². The van der Waals surface area contributed by atoms with Gasteiger partial charge in [0.2, 0.25) is 0 Å². The lowest BCUT2D eigenvalue weighted by molar-refractivity contribution is 0.0611. The van der Waals surface area contributed by atoms with Crippen molar-refractivity contribution in [1.82, 2.24) is 0 Å². The average Bonchev–Trinajstić information content (AvgIpc) is 2.34. The molecule has 0 aromatic heterocycles. The van der Waals surface area contributed by atoms with Crippen molar-refractivity contribution in [2.24, 2.45) is 5.41 Å². The fraction of sp³-hybridized carbons (Fsp3) is 0.647. The molecule has 0 heterocycles. The number of aliphatic hydroxyl groups is 1. The maximum atomic E-state index is 10.6. The molecule has 1 rings (SSSR count). The Kier molecular flexibility index (Phi) is 4.98. The van der Waals surface area contributed by atoms with Gasteiger partial charge in [-0.2, -0.15) is 0 Å². The van der Waals surface area contributed by atoms with Crippen molar-refractivity contribution in [3.63, 3.8) is 0 Å². The fourth-order valence-corrected chi connectivity index (χ4v) is 2.42. The Hall–Kier alpha value is -0.820. The molecule has 102 valence electrons. The molecule has 0 amide bonds. The molecule has 1 nitrogen and oxygen atoms in total. The Morgan fingerprint density at radius 1 is 0.944 bits per heavy atom. The lowest BCUT2D eigenvalue weighted by Crippen LogP contribution is -2.21. The summed E-state index contributed by atoms with van der Waals surface area (Å²) < 4.78 is 0. The highest BCUT2D eigenvalue weighted by molar-refractivity contribution is 5.41. The Labute approximate surface area is 112 Å². The first-order valence-electron chi connectivity index (χ1n) is 7.17. The summed E-state index contributed by atoms with van der Waals surface area (Å²) in [6.07, 6.45) is 2.66. The van der Waals surface area contributed by atoms with Gasteiger partial charge in [0.05, 0.1) is 6.10 Å². The molecule has 1 N–H and O–H groups in total. The van der Waals surface area contributed by atoms with Crippen molar-refractivity contribution in [3.05, 3.63) is 34.4 Å². The number of aryl methyl sites for hydroxylation is 3. The number of hydrogen-bond donors (Lipinski definition) is 1. The van der Waals surface area contributed by atoms with Crippen LogP contribution in [0.4, 0.5) is 0 Å². The van der Waals surface area contributed by atoms with Crippen molar-refractivity contribution >= 4 is 0 Å². The Balaban J connectivity index is 3.40. The second-order valence-corrected chi connectivity index (χ2v) is 6.16. The van der Waals surface area contributed by atoms with Gasteiger partial charge in [-0.3, -0.25) is 0 Å². The van der Waals surface area contributed by atoms with Crippen molar-refractivity contribution < 1.29 is 5.11 Å². The van der Waals surface area contributed by atoms with Crippen molar-refractivity contribution in [2.45, 2.75) is 66.9 Å². The molecular formula is C17H28O. The SMILES string of the molecule is CCc1cc(CC)c(C(O)C(C)(C)C)c(CC)c1. The molecule has 0 saturated carbocycles. The molecule has 18 heavy (non-hydrogen) atoms. The van der Waals surface area contributed by atoms with Crippen LogP contribution in [-0.4, -0.2) is 5.11 Å². The lowest BCUT2D eigenvalue weighted by Gasteiger charge is -2.30. The third-order valence-electron chi connectivity index (χ3n) is 3.67. The summed E-state index contributed by atoms with van der Waals surface area (Å²) in [6, 6.07) is 4.53. The van der Waals surface area contributed by atoms with Crippen LogP contribution in [0.3, 0.4) is 0 Å². The smallest absolute Gasteiger partial charge is 0.0843 e. The summed E-state index contributed by atoms with van der Waals surface area (Å²) in [5.74, 6) is 0. The quantitative estimate of drug-likeness (QED) is 0.834. The molecular weight excluding hydrogens is 220 g/mol. The van der Waals surface area contributed by atoms with Gasteiger partial charge in [0, 0.05) is 0 Å². The monoisotopic (exact) mass is 248 g/mol. The maximum absolute atomic E-state index is 10.6. The van der Waals surface area contributed by atoms with Crippen LogP contribution in [0.5, 0.6) is 0 Å². The fourth-order valence-electron chi connectivity index (χ4n) is 2.42. The normalized spacial score (nSPS) is 13.7. The van der Waals surface area contributed by atoms with E-state index in [1.54, 1.807) is 0 Å². The maximum Gasteiger partial charge on any atom is 0.0843 e. The third-order valence-corrected chi connectivity index (χ3v) is 3.67. The zero-order valence-electron chi connectivity index (χ0n) is 12.8. The van der Waals surface area contributed by atoms with E-state index in [9.17, 15) is 5.11 Å². The van der Waals surface area contributed by atoms with Crippen molar-refractivity contribution in [3.8, 4) is 0 Å². The van der Waals surface area contributed by atoms with Crippen LogP contribution in [0.25, 0.3) is 0 Å². The van der Waals surface area contributed by atoms with Crippen LogP contribution >= 0.6 is 0 Å². The van der Waals surface area contributed by atoms with Gasteiger partial charge in [-0.25, -0.2) is 0 Å². The van der Waals surface area contributed by atoms with Gasteiger partial charge in [-0.05, 0) is 46.9 Å². The molecule has 1 aromatic rings. The molecule has 1 aromatic carbocycles. The molecule has 0 aliphatic rings. The highest BCUT2D eigenvalue weighted by Crippen LogP contribution is 2.37. The molecule has 0 spiro atoms. The van der Waals surface area contributed by atoms with Crippen LogP contribution in [0.1, 0.15) is 69.9 Å². The second kappa shape index (κ2) is 5.88. The highest BCUT2D eigenvalue weighted by Gasteiger charge is 2.27. The van der Waals surface area contributed by atoms with E-state index in [0.717, 1.165) is 19.3 Å². The Morgan fingerprint density at radius 2 is 1.39 bits per heavy atom. The molecule has 1 unspecified atom stereocenters. The van der Waals surface area contributed by atoms with E-state index in [2.05, 4.69) is 53.7 Å². The first-order chi connectivity index (χ1) is 8.35. The first kappa shape index (κ1) is 15.2. The minimum Gasteiger partial charge on any atom is -0.388 e. The predicted molar refractivity (Wildman–Crippen MR) is 79.0 cm³/mol. The molecule has 1 heteroatoms. The van der Waals surface area contributed by atoms with E-state index in [0.29, 0.717) is 0 Å². The average molecular weight is 248 g/mol. The van der Waals surface area contributed by atoms with Crippen LogP contribution in [0.15, 0.2) is 12.1 Å². The summed E-state index contributed by atoms with van der Waals surface area (Å²) in [5.41, 5.74) is 5.07. The third kappa shape index (κ3) is 3.14. The van der Waals surface area contributed by atoms with E-state index in [-0.39, 0.29) is 11.5 Å². The number of hydrogen-bond acceptors (Lipinski definition) is 1. The topological polar surface area (TPSA) is 20.2 Å². The number of aliphatic hydroxyl groups excluding tert-OH is 1. The minimum absolute atomic E-state index is 0.110. The highest BCUT2D eigenvalue weighted by atomic mass is 16.3. The zero-order chi connectivity index (χ0) is 13.9. The largest absolute Gasteiger partial charge is 0.388 e. The summed E-state index contributed by atoms with van der Waals surface area (Å²) in [7, 11) is 0. The standard InChI is InChI=1S/C17H28O/c1-7-12-10-13(8-2)15(14(9-3)11-12)16(18)17(4,5)6/h10-11,16,18H,7-9H2,1-6H3. The van der Waals surface area contributed by atoms with Gasteiger partial charge in [0.1, 0.15) is 0 Å². The van der Waals surface area contributed by atoms with Gasteiger partial charge in [-0.1, -0.05) is 53.7 Å². The Bertz CT molecular complexity index is 374. The van der Waals surface area contributed by atoms with E-state index < -0.39 is 0 Å².